The third-order valence-corrected chi connectivity index (χ3v) is 3.12. The van der Waals surface area contributed by atoms with Crippen molar-refractivity contribution in [3.8, 4) is 11.3 Å². The molecule has 0 saturated carbocycles. The second-order valence-electron chi connectivity index (χ2n) is 4.33. The lowest BCUT2D eigenvalue weighted by molar-refractivity contribution is 0.971. The molecule has 0 unspecified atom stereocenters. The van der Waals surface area contributed by atoms with Crippen molar-refractivity contribution in [2.75, 3.05) is 0 Å². The molecule has 4 heteroatoms. The van der Waals surface area contributed by atoms with Crippen molar-refractivity contribution in [2.24, 2.45) is 0 Å². The third-order valence-electron chi connectivity index (χ3n) is 3.12. The van der Waals surface area contributed by atoms with Gasteiger partial charge in [-0.3, -0.25) is 4.98 Å². The summed E-state index contributed by atoms with van der Waals surface area (Å²) < 4.78 is 1.87. The maximum atomic E-state index is 4.65. The number of fused-ring (bicyclic) bond motifs is 3. The van der Waals surface area contributed by atoms with Gasteiger partial charge in [-0.1, -0.05) is 12.1 Å². The summed E-state index contributed by atoms with van der Waals surface area (Å²) in [4.78, 5) is 8.66. The van der Waals surface area contributed by atoms with Crippen LogP contribution in [0, 0.1) is 0 Å². The third kappa shape index (κ3) is 1.57. The molecule has 0 spiro atoms. The molecule has 4 nitrogen and oxygen atoms in total. The van der Waals surface area contributed by atoms with Gasteiger partial charge in [0, 0.05) is 18.0 Å². The molecule has 3 heterocycles. The van der Waals surface area contributed by atoms with Crippen LogP contribution >= 0.6 is 0 Å². The second-order valence-corrected chi connectivity index (χ2v) is 4.33. The fraction of sp³-hybridized carbons (Fsp3) is 0. The number of rotatable bonds is 1. The maximum absolute atomic E-state index is 4.65. The molecule has 0 amide bonds. The van der Waals surface area contributed by atoms with Gasteiger partial charge in [0.25, 0.3) is 0 Å². The number of hydrogen-bond acceptors (Lipinski definition) is 3. The highest BCUT2D eigenvalue weighted by Gasteiger charge is 2.06. The highest BCUT2D eigenvalue weighted by Crippen LogP contribution is 2.19. The topological polar surface area (TPSA) is 43.1 Å². The summed E-state index contributed by atoms with van der Waals surface area (Å²) in [5, 5.41) is 4.65. The second kappa shape index (κ2) is 3.88. The zero-order valence-electron chi connectivity index (χ0n) is 10.1. The first-order valence-electron chi connectivity index (χ1n) is 6.07. The zero-order valence-corrected chi connectivity index (χ0v) is 10.1. The average Bonchev–Trinajstić information content (AvgIpc) is 2.86. The van der Waals surface area contributed by atoms with Crippen LogP contribution in [-0.4, -0.2) is 19.6 Å². The molecular weight excluding hydrogens is 236 g/mol. The van der Waals surface area contributed by atoms with Crippen LogP contribution in [0.5, 0.6) is 0 Å². The van der Waals surface area contributed by atoms with Crippen LogP contribution in [0.25, 0.3) is 27.9 Å². The molecule has 0 N–H and O–H groups in total. The van der Waals surface area contributed by atoms with E-state index in [4.69, 9.17) is 0 Å². The largest absolute Gasteiger partial charge is 0.264 e. The summed E-state index contributed by atoms with van der Waals surface area (Å²) in [5.74, 6) is 0. The number of hydrogen-bond donors (Lipinski definition) is 0. The Kier molecular flexibility index (Phi) is 2.08. The highest BCUT2D eigenvalue weighted by atomic mass is 15.3. The van der Waals surface area contributed by atoms with Crippen LogP contribution in [0.15, 0.2) is 60.9 Å². The first kappa shape index (κ1) is 10.2. The minimum atomic E-state index is 0.855. The summed E-state index contributed by atoms with van der Waals surface area (Å²) in [6.45, 7) is 0. The van der Waals surface area contributed by atoms with E-state index in [2.05, 4.69) is 15.1 Å². The van der Waals surface area contributed by atoms with Gasteiger partial charge in [-0.05, 0) is 36.4 Å². The molecule has 3 aromatic heterocycles. The van der Waals surface area contributed by atoms with E-state index in [9.17, 15) is 0 Å². The van der Waals surface area contributed by atoms with Crippen molar-refractivity contribution >= 4 is 16.7 Å². The van der Waals surface area contributed by atoms with E-state index in [0.29, 0.717) is 0 Å². The number of aromatic nitrogens is 4. The first-order chi connectivity index (χ1) is 9.42. The van der Waals surface area contributed by atoms with Crippen molar-refractivity contribution in [1.82, 2.24) is 19.6 Å². The molecule has 0 radical (unpaired) electrons. The van der Waals surface area contributed by atoms with Gasteiger partial charge < -0.3 is 0 Å². The molecule has 0 saturated heterocycles. The van der Waals surface area contributed by atoms with Gasteiger partial charge in [-0.15, -0.1) is 0 Å². The molecule has 0 atom stereocenters. The quantitative estimate of drug-likeness (QED) is 0.518. The standard InChI is InChI=1S/C15H10N4/c1-2-6-14-13(5-1)17-15-8-7-12(18-19(14)15)11-4-3-9-16-10-11/h1-10H. The van der Waals surface area contributed by atoms with E-state index in [-0.39, 0.29) is 0 Å². The zero-order chi connectivity index (χ0) is 12.7. The molecule has 19 heavy (non-hydrogen) atoms. The summed E-state index contributed by atoms with van der Waals surface area (Å²) in [6.07, 6.45) is 3.57. The van der Waals surface area contributed by atoms with E-state index in [0.717, 1.165) is 27.9 Å². The molecule has 0 aliphatic rings. The van der Waals surface area contributed by atoms with Gasteiger partial charge >= 0.3 is 0 Å². The van der Waals surface area contributed by atoms with Gasteiger partial charge in [0.2, 0.25) is 0 Å². The van der Waals surface area contributed by atoms with Crippen molar-refractivity contribution in [1.29, 1.82) is 0 Å². The SMILES string of the molecule is c1cncc(-c2ccc3nc4ccccc4n3n2)c1. The van der Waals surface area contributed by atoms with E-state index < -0.39 is 0 Å². The Morgan fingerprint density at radius 2 is 1.84 bits per heavy atom. The van der Waals surface area contributed by atoms with Gasteiger partial charge in [-0.2, -0.15) is 5.10 Å². The summed E-state index contributed by atoms with van der Waals surface area (Å²) >= 11 is 0. The molecular formula is C15H10N4. The Balaban J connectivity index is 2.03. The molecule has 4 rings (SSSR count). The monoisotopic (exact) mass is 246 g/mol. The summed E-state index contributed by atoms with van der Waals surface area (Å²) in [7, 11) is 0. The molecule has 0 bridgehead atoms. The van der Waals surface area contributed by atoms with Crippen molar-refractivity contribution in [3.63, 3.8) is 0 Å². The van der Waals surface area contributed by atoms with Crippen LogP contribution in [0.3, 0.4) is 0 Å². The van der Waals surface area contributed by atoms with Gasteiger partial charge in [0.05, 0.1) is 16.7 Å². The van der Waals surface area contributed by atoms with Crippen LogP contribution in [0.4, 0.5) is 0 Å². The van der Waals surface area contributed by atoms with E-state index in [1.807, 2.05) is 59.2 Å². The van der Waals surface area contributed by atoms with Gasteiger partial charge in [0.1, 0.15) is 0 Å². The summed E-state index contributed by atoms with van der Waals surface area (Å²) in [6, 6.07) is 15.9. The Bertz CT molecular complexity index is 865. The average molecular weight is 246 g/mol. The van der Waals surface area contributed by atoms with E-state index >= 15 is 0 Å². The van der Waals surface area contributed by atoms with Crippen molar-refractivity contribution in [3.05, 3.63) is 60.9 Å². The lowest BCUT2D eigenvalue weighted by atomic mass is 10.2. The smallest absolute Gasteiger partial charge is 0.154 e. The predicted octanol–water partition coefficient (Wildman–Crippen LogP) is 2.94. The Morgan fingerprint density at radius 1 is 0.895 bits per heavy atom. The lowest BCUT2D eigenvalue weighted by Crippen LogP contribution is -1.94. The molecule has 0 aliphatic carbocycles. The summed E-state index contributed by atoms with van der Waals surface area (Å²) in [5.41, 5.74) is 4.72. The first-order valence-corrected chi connectivity index (χ1v) is 6.07. The Hall–Kier alpha value is -2.75. The van der Waals surface area contributed by atoms with Crippen LogP contribution in [0.1, 0.15) is 0 Å². The Morgan fingerprint density at radius 3 is 2.74 bits per heavy atom. The molecule has 4 aromatic rings. The highest BCUT2D eigenvalue weighted by molar-refractivity contribution is 5.80. The predicted molar refractivity (Wildman–Crippen MR) is 73.7 cm³/mol. The van der Waals surface area contributed by atoms with Gasteiger partial charge in [-0.25, -0.2) is 9.50 Å². The number of para-hydroxylation sites is 2. The molecule has 90 valence electrons. The number of nitrogens with zero attached hydrogens (tertiary/aromatic N) is 4. The minimum Gasteiger partial charge on any atom is -0.264 e. The molecule has 1 aromatic carbocycles. The maximum Gasteiger partial charge on any atom is 0.154 e. The lowest BCUT2D eigenvalue weighted by Gasteiger charge is -2.01. The van der Waals surface area contributed by atoms with E-state index in [1.165, 1.54) is 0 Å². The van der Waals surface area contributed by atoms with Crippen LogP contribution in [0.2, 0.25) is 0 Å². The number of imidazole rings is 1. The number of pyridine rings is 1. The normalized spacial score (nSPS) is 11.2. The van der Waals surface area contributed by atoms with E-state index in [1.54, 1.807) is 6.20 Å². The fourth-order valence-electron chi connectivity index (χ4n) is 2.21. The van der Waals surface area contributed by atoms with Crippen molar-refractivity contribution < 1.29 is 0 Å². The fourth-order valence-corrected chi connectivity index (χ4v) is 2.21. The van der Waals surface area contributed by atoms with Crippen LogP contribution in [-0.2, 0) is 0 Å². The molecule has 0 fully saturated rings. The molecule has 0 aliphatic heterocycles. The van der Waals surface area contributed by atoms with Gasteiger partial charge in [0.15, 0.2) is 5.65 Å². The van der Waals surface area contributed by atoms with Crippen molar-refractivity contribution in [2.45, 2.75) is 0 Å². The Labute approximate surface area is 109 Å². The number of benzene rings is 1. The minimum absolute atomic E-state index is 0.855. The van der Waals surface area contributed by atoms with Crippen LogP contribution < -0.4 is 0 Å².